The molecule has 3 rings (SSSR count). The van der Waals surface area contributed by atoms with Gasteiger partial charge >= 0.3 is 0 Å². The van der Waals surface area contributed by atoms with Crippen LogP contribution in [0.1, 0.15) is 22.7 Å². The van der Waals surface area contributed by atoms with Crippen molar-refractivity contribution in [3.63, 3.8) is 0 Å². The van der Waals surface area contributed by atoms with Crippen molar-refractivity contribution in [2.24, 2.45) is 5.73 Å². The second-order valence-corrected chi connectivity index (χ2v) is 5.16. The van der Waals surface area contributed by atoms with E-state index in [4.69, 9.17) is 5.73 Å². The van der Waals surface area contributed by atoms with E-state index in [0.717, 1.165) is 19.5 Å². The summed E-state index contributed by atoms with van der Waals surface area (Å²) in [6.07, 6.45) is 1.12. The van der Waals surface area contributed by atoms with Crippen molar-refractivity contribution >= 4 is 0 Å². The summed E-state index contributed by atoms with van der Waals surface area (Å²) in [6.45, 7) is 2.76. The third-order valence-electron chi connectivity index (χ3n) is 3.97. The molecule has 2 heteroatoms. The Kier molecular flexibility index (Phi) is 3.62. The molecule has 98 valence electrons. The molecule has 1 atom stereocenters. The lowest BCUT2D eigenvalue weighted by Crippen LogP contribution is -2.38. The lowest BCUT2D eigenvalue weighted by molar-refractivity contribution is 0.181. The molecule has 2 aromatic rings. The van der Waals surface area contributed by atoms with Crippen LogP contribution in [0.2, 0.25) is 0 Å². The van der Waals surface area contributed by atoms with Crippen molar-refractivity contribution in [2.75, 3.05) is 13.1 Å². The molecule has 1 heterocycles. The summed E-state index contributed by atoms with van der Waals surface area (Å²) >= 11 is 0. The van der Waals surface area contributed by atoms with Gasteiger partial charge in [0, 0.05) is 25.7 Å². The zero-order valence-electron chi connectivity index (χ0n) is 11.1. The van der Waals surface area contributed by atoms with Crippen LogP contribution in [0.5, 0.6) is 0 Å². The molecular weight excluding hydrogens is 232 g/mol. The van der Waals surface area contributed by atoms with Crippen LogP contribution in [-0.4, -0.2) is 18.0 Å². The molecule has 1 aliphatic heterocycles. The molecule has 19 heavy (non-hydrogen) atoms. The summed E-state index contributed by atoms with van der Waals surface area (Å²) < 4.78 is 0. The summed E-state index contributed by atoms with van der Waals surface area (Å²) in [5.74, 6) is 0. The maximum absolute atomic E-state index is 6.02. The highest BCUT2D eigenvalue weighted by atomic mass is 15.2. The Morgan fingerprint density at radius 1 is 1.00 bits per heavy atom. The molecule has 0 saturated heterocycles. The Labute approximate surface area is 114 Å². The van der Waals surface area contributed by atoms with Gasteiger partial charge in [-0.1, -0.05) is 54.6 Å². The van der Waals surface area contributed by atoms with Crippen LogP contribution < -0.4 is 5.73 Å². The van der Waals surface area contributed by atoms with Gasteiger partial charge in [-0.2, -0.15) is 0 Å². The number of hydrogen-bond donors (Lipinski definition) is 1. The first kappa shape index (κ1) is 12.4. The number of fused-ring (bicyclic) bond motifs is 1. The second-order valence-electron chi connectivity index (χ2n) is 5.16. The summed E-state index contributed by atoms with van der Waals surface area (Å²) in [5, 5.41) is 0. The van der Waals surface area contributed by atoms with Crippen molar-refractivity contribution in [2.45, 2.75) is 19.0 Å². The highest BCUT2D eigenvalue weighted by molar-refractivity contribution is 5.33. The van der Waals surface area contributed by atoms with Crippen LogP contribution >= 0.6 is 0 Å². The van der Waals surface area contributed by atoms with E-state index in [1.54, 1.807) is 0 Å². The van der Waals surface area contributed by atoms with E-state index >= 15 is 0 Å². The van der Waals surface area contributed by atoms with Crippen LogP contribution in [0.25, 0.3) is 0 Å². The molecule has 0 aliphatic carbocycles. The molecule has 2 nitrogen and oxygen atoms in total. The van der Waals surface area contributed by atoms with Crippen LogP contribution in [0.3, 0.4) is 0 Å². The van der Waals surface area contributed by atoms with Gasteiger partial charge in [0.1, 0.15) is 0 Å². The largest absolute Gasteiger partial charge is 0.329 e. The molecule has 0 aromatic heterocycles. The third-order valence-corrected chi connectivity index (χ3v) is 3.97. The van der Waals surface area contributed by atoms with Crippen molar-refractivity contribution in [1.82, 2.24) is 4.90 Å². The van der Waals surface area contributed by atoms with E-state index in [2.05, 4.69) is 59.5 Å². The fraction of sp³-hybridized carbons (Fsp3) is 0.294. The maximum Gasteiger partial charge on any atom is 0.0476 e. The van der Waals surface area contributed by atoms with Gasteiger partial charge in [-0.05, 0) is 23.1 Å². The second kappa shape index (κ2) is 5.55. The number of benzene rings is 2. The monoisotopic (exact) mass is 252 g/mol. The minimum atomic E-state index is 0.352. The predicted octanol–water partition coefficient (Wildman–Crippen LogP) is 2.74. The Hall–Kier alpha value is -1.64. The van der Waals surface area contributed by atoms with Crippen LogP contribution in [0.15, 0.2) is 54.6 Å². The summed E-state index contributed by atoms with van der Waals surface area (Å²) in [7, 11) is 0. The molecule has 1 aliphatic rings. The van der Waals surface area contributed by atoms with E-state index in [9.17, 15) is 0 Å². The number of hydrogen-bond acceptors (Lipinski definition) is 2. The van der Waals surface area contributed by atoms with E-state index in [1.807, 2.05) is 0 Å². The first-order valence-electron chi connectivity index (χ1n) is 6.94. The average molecular weight is 252 g/mol. The minimum absolute atomic E-state index is 0.352. The maximum atomic E-state index is 6.02. The molecule has 0 amide bonds. The van der Waals surface area contributed by atoms with Gasteiger partial charge in [0.2, 0.25) is 0 Å². The van der Waals surface area contributed by atoms with Gasteiger partial charge in [-0.25, -0.2) is 0 Å². The zero-order chi connectivity index (χ0) is 13.1. The zero-order valence-corrected chi connectivity index (χ0v) is 11.1. The van der Waals surface area contributed by atoms with Gasteiger partial charge in [-0.15, -0.1) is 0 Å². The quantitative estimate of drug-likeness (QED) is 0.910. The SMILES string of the molecule is NC[C@@H]1c2ccccc2CCN1Cc1ccccc1. The van der Waals surface area contributed by atoms with Crippen molar-refractivity contribution in [3.8, 4) is 0 Å². The number of nitrogens with zero attached hydrogens (tertiary/aromatic N) is 1. The van der Waals surface area contributed by atoms with Crippen molar-refractivity contribution < 1.29 is 0 Å². The van der Waals surface area contributed by atoms with Gasteiger partial charge in [0.15, 0.2) is 0 Å². The molecule has 0 unspecified atom stereocenters. The van der Waals surface area contributed by atoms with E-state index in [0.29, 0.717) is 12.6 Å². The van der Waals surface area contributed by atoms with Crippen molar-refractivity contribution in [1.29, 1.82) is 0 Å². The standard InChI is InChI=1S/C17H20N2/c18-12-17-16-9-5-4-8-15(16)10-11-19(17)13-14-6-2-1-3-7-14/h1-9,17H,10-13,18H2/t17-/m1/s1. The highest BCUT2D eigenvalue weighted by Crippen LogP contribution is 2.29. The Balaban J connectivity index is 1.84. The number of rotatable bonds is 3. The van der Waals surface area contributed by atoms with E-state index < -0.39 is 0 Å². The molecule has 2 aromatic carbocycles. The minimum Gasteiger partial charge on any atom is -0.329 e. The molecule has 0 fully saturated rings. The average Bonchev–Trinajstić information content (AvgIpc) is 2.48. The van der Waals surface area contributed by atoms with Gasteiger partial charge in [0.05, 0.1) is 0 Å². The fourth-order valence-electron chi connectivity index (χ4n) is 2.99. The highest BCUT2D eigenvalue weighted by Gasteiger charge is 2.25. The predicted molar refractivity (Wildman–Crippen MR) is 78.8 cm³/mol. The van der Waals surface area contributed by atoms with Crippen LogP contribution in [0.4, 0.5) is 0 Å². The number of nitrogens with two attached hydrogens (primary N) is 1. The molecule has 0 spiro atoms. The van der Waals surface area contributed by atoms with E-state index in [-0.39, 0.29) is 0 Å². The summed E-state index contributed by atoms with van der Waals surface area (Å²) in [5.41, 5.74) is 10.3. The lowest BCUT2D eigenvalue weighted by Gasteiger charge is -2.36. The third kappa shape index (κ3) is 2.55. The van der Waals surface area contributed by atoms with Gasteiger partial charge in [0.25, 0.3) is 0 Å². The summed E-state index contributed by atoms with van der Waals surface area (Å²) in [6, 6.07) is 19.7. The Morgan fingerprint density at radius 3 is 2.53 bits per heavy atom. The molecule has 0 saturated carbocycles. The first-order valence-corrected chi connectivity index (χ1v) is 6.94. The van der Waals surface area contributed by atoms with Crippen molar-refractivity contribution in [3.05, 3.63) is 71.3 Å². The van der Waals surface area contributed by atoms with E-state index in [1.165, 1.54) is 16.7 Å². The summed E-state index contributed by atoms with van der Waals surface area (Å²) in [4.78, 5) is 2.50. The topological polar surface area (TPSA) is 29.3 Å². The van der Waals surface area contributed by atoms with Gasteiger partial charge in [-0.3, -0.25) is 4.90 Å². The lowest BCUT2D eigenvalue weighted by atomic mass is 9.92. The Morgan fingerprint density at radius 2 is 1.74 bits per heavy atom. The van der Waals surface area contributed by atoms with Gasteiger partial charge < -0.3 is 5.73 Å². The molecular formula is C17H20N2. The molecule has 2 N–H and O–H groups in total. The Bertz CT molecular complexity index is 536. The van der Waals surface area contributed by atoms with Crippen LogP contribution in [0, 0.1) is 0 Å². The molecule has 0 radical (unpaired) electrons. The first-order chi connectivity index (χ1) is 9.38. The smallest absolute Gasteiger partial charge is 0.0476 e. The fourth-order valence-corrected chi connectivity index (χ4v) is 2.99. The van der Waals surface area contributed by atoms with Crippen LogP contribution in [-0.2, 0) is 13.0 Å². The normalized spacial score (nSPS) is 19.1. The molecule has 0 bridgehead atoms.